The van der Waals surface area contributed by atoms with Gasteiger partial charge in [0.05, 0.1) is 17.6 Å². The van der Waals surface area contributed by atoms with Gasteiger partial charge in [-0.25, -0.2) is 4.98 Å². The number of benzene rings is 1. The maximum Gasteiger partial charge on any atom is 0.416 e. The number of nitrogens with one attached hydrogen (secondary N) is 3. The van der Waals surface area contributed by atoms with E-state index >= 15 is 0 Å². The highest BCUT2D eigenvalue weighted by Gasteiger charge is 2.34. The number of nitrogen functional groups attached to an aromatic ring is 1. The summed E-state index contributed by atoms with van der Waals surface area (Å²) < 4.78 is 38.3. The third-order valence-electron chi connectivity index (χ3n) is 6.30. The first-order valence-electron chi connectivity index (χ1n) is 10.9. The Morgan fingerprint density at radius 2 is 1.91 bits per heavy atom. The summed E-state index contributed by atoms with van der Waals surface area (Å²) in [6, 6.07) is 7.15. The zero-order chi connectivity index (χ0) is 23.8. The second-order valence-corrected chi connectivity index (χ2v) is 8.62. The van der Waals surface area contributed by atoms with Crippen LogP contribution in [0.5, 0.6) is 0 Å². The predicted molar refractivity (Wildman–Crippen MR) is 116 cm³/mol. The Hall–Kier alpha value is -3.14. The molecule has 1 aliphatic carbocycles. The lowest BCUT2D eigenvalue weighted by atomic mass is 9.95. The number of carbonyl (C=O) groups is 2. The van der Waals surface area contributed by atoms with Gasteiger partial charge in [0.1, 0.15) is 11.9 Å². The maximum absolute atomic E-state index is 12.8. The van der Waals surface area contributed by atoms with Crippen molar-refractivity contribution in [2.45, 2.75) is 56.4 Å². The lowest BCUT2D eigenvalue weighted by Crippen LogP contribution is -2.50. The Kier molecular flexibility index (Phi) is 6.29. The standard InChI is InChI=1S/C23H26F3N5O2/c1-12(21(32)31-18-8-7-17-16(18)6-9-20(27)30-17)29-22(33)19-10-14(11-28-19)13-2-4-15(5-3-13)23(24,25)26/h2-6,9,12,14,18-19,28H,7-8,10-11H2,1H3,(H2,27,30)(H,29,33)(H,31,32)/t12-,14-,18?,19+/m0/s1. The minimum Gasteiger partial charge on any atom is -0.384 e. The number of amides is 2. The number of halogens is 3. The molecule has 10 heteroatoms. The largest absolute Gasteiger partial charge is 0.416 e. The van der Waals surface area contributed by atoms with E-state index in [4.69, 9.17) is 5.73 Å². The van der Waals surface area contributed by atoms with Crippen molar-refractivity contribution in [3.8, 4) is 0 Å². The number of aromatic nitrogens is 1. The molecular weight excluding hydrogens is 435 g/mol. The zero-order valence-corrected chi connectivity index (χ0v) is 18.1. The fourth-order valence-corrected chi connectivity index (χ4v) is 4.44. The molecule has 0 bridgehead atoms. The zero-order valence-electron chi connectivity index (χ0n) is 18.1. The fraction of sp³-hybridized carbons (Fsp3) is 0.435. The monoisotopic (exact) mass is 461 g/mol. The molecule has 1 aromatic carbocycles. The molecule has 1 aromatic heterocycles. The topological polar surface area (TPSA) is 109 Å². The number of fused-ring (bicyclic) bond motifs is 1. The quantitative estimate of drug-likeness (QED) is 0.547. The molecule has 176 valence electrons. The number of carbonyl (C=O) groups excluding carboxylic acids is 2. The van der Waals surface area contributed by atoms with E-state index < -0.39 is 23.8 Å². The number of anilines is 1. The third kappa shape index (κ3) is 5.11. The molecule has 5 N–H and O–H groups in total. The number of rotatable bonds is 5. The number of nitrogens with two attached hydrogens (primary N) is 1. The number of hydrogen-bond donors (Lipinski definition) is 4. The molecule has 1 fully saturated rings. The van der Waals surface area contributed by atoms with Gasteiger partial charge >= 0.3 is 6.18 Å². The number of aryl methyl sites for hydroxylation is 1. The Bertz CT molecular complexity index is 1040. The highest BCUT2D eigenvalue weighted by Crippen LogP contribution is 2.32. The molecule has 1 aliphatic heterocycles. The highest BCUT2D eigenvalue weighted by molar-refractivity contribution is 5.90. The molecule has 2 amide bonds. The normalized spacial score (nSPS) is 23.1. The van der Waals surface area contributed by atoms with Gasteiger partial charge in [-0.05, 0) is 61.4 Å². The summed E-state index contributed by atoms with van der Waals surface area (Å²) in [6.45, 7) is 2.09. The first-order valence-corrected chi connectivity index (χ1v) is 10.9. The van der Waals surface area contributed by atoms with Crippen LogP contribution in [0, 0.1) is 0 Å². The molecule has 1 saturated heterocycles. The third-order valence-corrected chi connectivity index (χ3v) is 6.30. The van der Waals surface area contributed by atoms with Crippen LogP contribution in [0.1, 0.15) is 54.1 Å². The van der Waals surface area contributed by atoms with Gasteiger partial charge in [-0.2, -0.15) is 13.2 Å². The minimum absolute atomic E-state index is 0.0814. The minimum atomic E-state index is -4.38. The van der Waals surface area contributed by atoms with Crippen molar-refractivity contribution in [3.63, 3.8) is 0 Å². The molecule has 7 nitrogen and oxygen atoms in total. The van der Waals surface area contributed by atoms with Crippen molar-refractivity contribution >= 4 is 17.6 Å². The lowest BCUT2D eigenvalue weighted by molar-refractivity contribution is -0.137. The number of alkyl halides is 3. The van der Waals surface area contributed by atoms with Crippen LogP contribution in [-0.4, -0.2) is 35.4 Å². The Labute approximate surface area is 189 Å². The second-order valence-electron chi connectivity index (χ2n) is 8.62. The molecule has 0 spiro atoms. The van der Waals surface area contributed by atoms with Gasteiger partial charge < -0.3 is 21.7 Å². The smallest absolute Gasteiger partial charge is 0.384 e. The van der Waals surface area contributed by atoms with Crippen molar-refractivity contribution in [2.75, 3.05) is 12.3 Å². The molecule has 4 rings (SSSR count). The number of nitrogens with zero attached hydrogens (tertiary/aromatic N) is 1. The first kappa shape index (κ1) is 23.0. The summed E-state index contributed by atoms with van der Waals surface area (Å²) in [7, 11) is 0. The molecule has 0 radical (unpaired) electrons. The van der Waals surface area contributed by atoms with Crippen LogP contribution in [0.2, 0.25) is 0 Å². The fourth-order valence-electron chi connectivity index (χ4n) is 4.44. The van der Waals surface area contributed by atoms with Crippen molar-refractivity contribution in [2.24, 2.45) is 0 Å². The van der Waals surface area contributed by atoms with Crippen LogP contribution in [0.4, 0.5) is 19.0 Å². The summed E-state index contributed by atoms with van der Waals surface area (Å²) in [6.07, 6.45) is -2.49. The van der Waals surface area contributed by atoms with Crippen molar-refractivity contribution in [1.82, 2.24) is 20.9 Å². The van der Waals surface area contributed by atoms with Crippen LogP contribution < -0.4 is 21.7 Å². The highest BCUT2D eigenvalue weighted by atomic mass is 19.4. The van der Waals surface area contributed by atoms with Crippen LogP contribution >= 0.6 is 0 Å². The van der Waals surface area contributed by atoms with E-state index in [1.165, 1.54) is 12.1 Å². The van der Waals surface area contributed by atoms with E-state index in [-0.39, 0.29) is 23.8 Å². The van der Waals surface area contributed by atoms with Gasteiger partial charge in [0.15, 0.2) is 0 Å². The van der Waals surface area contributed by atoms with E-state index in [0.29, 0.717) is 18.8 Å². The molecule has 0 saturated carbocycles. The molecule has 1 unspecified atom stereocenters. The van der Waals surface area contributed by atoms with E-state index in [2.05, 4.69) is 20.9 Å². The van der Waals surface area contributed by atoms with Gasteiger partial charge in [-0.1, -0.05) is 18.2 Å². The Morgan fingerprint density at radius 1 is 1.18 bits per heavy atom. The van der Waals surface area contributed by atoms with Gasteiger partial charge in [-0.15, -0.1) is 0 Å². The van der Waals surface area contributed by atoms with E-state index in [1.807, 2.05) is 6.07 Å². The maximum atomic E-state index is 12.8. The SMILES string of the molecule is C[C@H](NC(=O)[C@H]1C[C@H](c2ccc(C(F)(F)F)cc2)CN1)C(=O)NC1CCc2nc(N)ccc21. The van der Waals surface area contributed by atoms with Crippen molar-refractivity contribution in [3.05, 3.63) is 58.8 Å². The predicted octanol–water partition coefficient (Wildman–Crippen LogP) is 2.44. The van der Waals surface area contributed by atoms with E-state index in [0.717, 1.165) is 41.8 Å². The van der Waals surface area contributed by atoms with Crippen molar-refractivity contribution < 1.29 is 22.8 Å². The molecule has 2 aliphatic rings. The lowest BCUT2D eigenvalue weighted by Gasteiger charge is -2.20. The van der Waals surface area contributed by atoms with Crippen LogP contribution in [0.25, 0.3) is 0 Å². The average Bonchev–Trinajstić information content (AvgIpc) is 3.41. The summed E-state index contributed by atoms with van der Waals surface area (Å²) in [4.78, 5) is 29.6. The van der Waals surface area contributed by atoms with Crippen molar-refractivity contribution in [1.29, 1.82) is 0 Å². The summed E-state index contributed by atoms with van der Waals surface area (Å²) in [5.74, 6) is -0.245. The van der Waals surface area contributed by atoms with Crippen LogP contribution in [0.15, 0.2) is 36.4 Å². The summed E-state index contributed by atoms with van der Waals surface area (Å²) in [5.41, 5.74) is 7.57. The van der Waals surface area contributed by atoms with Gasteiger partial charge in [0.25, 0.3) is 0 Å². The Morgan fingerprint density at radius 3 is 2.61 bits per heavy atom. The first-order chi connectivity index (χ1) is 15.6. The summed E-state index contributed by atoms with van der Waals surface area (Å²) >= 11 is 0. The van der Waals surface area contributed by atoms with Crippen LogP contribution in [0.3, 0.4) is 0 Å². The van der Waals surface area contributed by atoms with Crippen LogP contribution in [-0.2, 0) is 22.2 Å². The second kappa shape index (κ2) is 9.01. The molecular formula is C23H26F3N5O2. The average molecular weight is 461 g/mol. The van der Waals surface area contributed by atoms with Gasteiger partial charge in [0, 0.05) is 12.2 Å². The summed E-state index contributed by atoms with van der Waals surface area (Å²) in [5, 5.41) is 8.79. The molecule has 2 aromatic rings. The van der Waals surface area contributed by atoms with Gasteiger partial charge in [-0.3, -0.25) is 9.59 Å². The molecule has 2 heterocycles. The van der Waals surface area contributed by atoms with Gasteiger partial charge in [0.2, 0.25) is 11.8 Å². The Balaban J connectivity index is 1.29. The van der Waals surface area contributed by atoms with E-state index in [9.17, 15) is 22.8 Å². The molecule has 33 heavy (non-hydrogen) atoms. The number of pyridine rings is 1. The van der Waals surface area contributed by atoms with E-state index in [1.54, 1.807) is 13.0 Å². The molecule has 4 atom stereocenters. The number of hydrogen-bond acceptors (Lipinski definition) is 5.